The summed E-state index contributed by atoms with van der Waals surface area (Å²) in [5, 5.41) is 15.4. The Hall–Kier alpha value is -3.53. The number of hydrogen-bond donors (Lipinski definition) is 2. The number of anilines is 1. The van der Waals surface area contributed by atoms with Gasteiger partial charge in [0.25, 0.3) is 0 Å². The third kappa shape index (κ3) is 6.48. The van der Waals surface area contributed by atoms with Gasteiger partial charge in [-0.1, -0.05) is 43.3 Å². The molecule has 3 rings (SSSR count). The molecule has 7 nitrogen and oxygen atoms in total. The largest absolute Gasteiger partial charge is 0.444 e. The lowest BCUT2D eigenvalue weighted by Gasteiger charge is -2.24. The number of nitrogens with zero attached hydrogens (tertiary/aromatic N) is 2. The van der Waals surface area contributed by atoms with Crippen LogP contribution in [0, 0.1) is 11.3 Å². The van der Waals surface area contributed by atoms with Gasteiger partial charge in [-0.25, -0.2) is 4.79 Å². The van der Waals surface area contributed by atoms with E-state index in [2.05, 4.69) is 21.6 Å². The minimum Gasteiger partial charge on any atom is -0.444 e. The van der Waals surface area contributed by atoms with Gasteiger partial charge in [0.15, 0.2) is 0 Å². The molecule has 1 aliphatic heterocycles. The van der Waals surface area contributed by atoms with Crippen LogP contribution < -0.4 is 15.5 Å². The predicted octanol–water partition coefficient (Wildman–Crippen LogP) is 4.22. The first-order valence-corrected chi connectivity index (χ1v) is 11.3. The molecule has 0 saturated carbocycles. The average Bonchev–Trinajstić information content (AvgIpc) is 3.24. The molecule has 2 aromatic rings. The molecule has 7 heteroatoms. The van der Waals surface area contributed by atoms with Crippen LogP contribution in [0.25, 0.3) is 11.1 Å². The lowest BCUT2D eigenvalue weighted by atomic mass is 10.0. The lowest BCUT2D eigenvalue weighted by molar-refractivity contribution is -0.123. The average molecular weight is 449 g/mol. The summed E-state index contributed by atoms with van der Waals surface area (Å²) in [4.78, 5) is 26.9. The van der Waals surface area contributed by atoms with E-state index in [1.54, 1.807) is 20.8 Å². The lowest BCUT2D eigenvalue weighted by Crippen LogP contribution is -2.50. The van der Waals surface area contributed by atoms with Crippen molar-refractivity contribution in [3.05, 3.63) is 54.1 Å². The summed E-state index contributed by atoms with van der Waals surface area (Å²) in [6, 6.07) is 17.5. The molecule has 0 aliphatic carbocycles. The summed E-state index contributed by atoms with van der Waals surface area (Å²) in [5.41, 5.74) is 2.92. The summed E-state index contributed by atoms with van der Waals surface area (Å²) in [6.45, 7) is 8.53. The van der Waals surface area contributed by atoms with E-state index in [1.807, 2.05) is 55.5 Å². The third-order valence-corrected chi connectivity index (χ3v) is 5.52. The number of nitrogens with one attached hydrogen (secondary N) is 2. The molecule has 1 aliphatic rings. The molecule has 174 valence electrons. The SMILES string of the molecule is CCC(NC(=O)OC(C)(C)C)C(=O)NC1CCN(c2ccc(-c3ccccc3)cc2C#N)C1. The molecule has 0 spiro atoms. The monoisotopic (exact) mass is 448 g/mol. The molecule has 1 saturated heterocycles. The van der Waals surface area contributed by atoms with E-state index in [1.165, 1.54) is 0 Å². The summed E-state index contributed by atoms with van der Waals surface area (Å²) in [6.07, 6.45) is 0.621. The van der Waals surface area contributed by atoms with Gasteiger partial charge in [0.05, 0.1) is 11.3 Å². The fraction of sp³-hybridized carbons (Fsp3) is 0.423. The molecule has 0 radical (unpaired) electrons. The predicted molar refractivity (Wildman–Crippen MR) is 129 cm³/mol. The Morgan fingerprint density at radius 3 is 2.55 bits per heavy atom. The summed E-state index contributed by atoms with van der Waals surface area (Å²) in [7, 11) is 0. The molecule has 0 bridgehead atoms. The van der Waals surface area contributed by atoms with Gasteiger partial charge in [0, 0.05) is 19.1 Å². The highest BCUT2D eigenvalue weighted by molar-refractivity contribution is 5.86. The second-order valence-corrected chi connectivity index (χ2v) is 9.26. The standard InChI is InChI=1S/C26H32N4O3/c1-5-22(29-25(32)33-26(2,3)4)24(31)28-21-13-14-30(17-21)23-12-11-19(15-20(23)16-27)18-9-7-6-8-10-18/h6-12,15,21-22H,5,13-14,17H2,1-4H3,(H,28,31)(H,29,32). The number of benzene rings is 2. The van der Waals surface area contributed by atoms with E-state index >= 15 is 0 Å². The Balaban J connectivity index is 1.62. The van der Waals surface area contributed by atoms with E-state index in [0.717, 1.165) is 29.8 Å². The first-order chi connectivity index (χ1) is 15.7. The van der Waals surface area contributed by atoms with Gasteiger partial charge in [-0.15, -0.1) is 0 Å². The quantitative estimate of drug-likeness (QED) is 0.690. The Labute approximate surface area is 195 Å². The molecular formula is C26H32N4O3. The fourth-order valence-electron chi connectivity index (χ4n) is 3.91. The van der Waals surface area contributed by atoms with E-state index in [-0.39, 0.29) is 11.9 Å². The minimum atomic E-state index is -0.659. The molecule has 2 N–H and O–H groups in total. The number of nitriles is 1. The number of carbonyl (C=O) groups excluding carboxylic acids is 2. The van der Waals surface area contributed by atoms with Gasteiger partial charge in [0.1, 0.15) is 17.7 Å². The summed E-state index contributed by atoms with van der Waals surface area (Å²) in [5.74, 6) is -0.227. The Morgan fingerprint density at radius 2 is 1.91 bits per heavy atom. The second kappa shape index (κ2) is 10.4. The first-order valence-electron chi connectivity index (χ1n) is 11.3. The zero-order valence-corrected chi connectivity index (χ0v) is 19.7. The molecule has 2 unspecified atom stereocenters. The van der Waals surface area contributed by atoms with Crippen molar-refractivity contribution >= 4 is 17.7 Å². The zero-order chi connectivity index (χ0) is 24.0. The Kier molecular flexibility index (Phi) is 7.59. The third-order valence-electron chi connectivity index (χ3n) is 5.52. The van der Waals surface area contributed by atoms with Gasteiger partial charge in [-0.3, -0.25) is 4.79 Å². The maximum Gasteiger partial charge on any atom is 0.408 e. The van der Waals surface area contributed by atoms with E-state index in [9.17, 15) is 14.9 Å². The molecule has 2 amide bonds. The molecule has 0 aromatic heterocycles. The van der Waals surface area contributed by atoms with Gasteiger partial charge in [-0.05, 0) is 56.9 Å². The number of alkyl carbamates (subject to hydrolysis) is 1. The topological polar surface area (TPSA) is 94.5 Å². The van der Waals surface area contributed by atoms with E-state index < -0.39 is 17.7 Å². The maximum atomic E-state index is 12.7. The molecule has 1 heterocycles. The highest BCUT2D eigenvalue weighted by Gasteiger charge is 2.29. The molecular weight excluding hydrogens is 416 g/mol. The van der Waals surface area contributed by atoms with Gasteiger partial charge in [0.2, 0.25) is 5.91 Å². The van der Waals surface area contributed by atoms with Crippen molar-refractivity contribution < 1.29 is 14.3 Å². The van der Waals surface area contributed by atoms with Crippen LogP contribution in [0.5, 0.6) is 0 Å². The number of rotatable bonds is 6. The number of carbonyl (C=O) groups is 2. The number of amides is 2. The van der Waals surface area contributed by atoms with Crippen LogP contribution >= 0.6 is 0 Å². The highest BCUT2D eigenvalue weighted by atomic mass is 16.6. The van der Waals surface area contributed by atoms with Crippen LogP contribution in [0.2, 0.25) is 0 Å². The smallest absolute Gasteiger partial charge is 0.408 e. The Bertz CT molecular complexity index is 1020. The van der Waals surface area contributed by atoms with Crippen LogP contribution in [0.15, 0.2) is 48.5 Å². The first kappa shape index (κ1) is 24.1. The van der Waals surface area contributed by atoms with Gasteiger partial charge >= 0.3 is 6.09 Å². The molecule has 2 atom stereocenters. The van der Waals surface area contributed by atoms with E-state index in [0.29, 0.717) is 18.5 Å². The maximum absolute atomic E-state index is 12.7. The van der Waals surface area contributed by atoms with Crippen molar-refractivity contribution in [2.24, 2.45) is 0 Å². The van der Waals surface area contributed by atoms with Gasteiger partial charge in [-0.2, -0.15) is 5.26 Å². The fourth-order valence-corrected chi connectivity index (χ4v) is 3.91. The van der Waals surface area contributed by atoms with Crippen LogP contribution in [-0.2, 0) is 9.53 Å². The normalized spacial score (nSPS) is 16.6. The number of hydrogen-bond acceptors (Lipinski definition) is 5. The van der Waals surface area contributed by atoms with Crippen molar-refractivity contribution in [1.82, 2.24) is 10.6 Å². The zero-order valence-electron chi connectivity index (χ0n) is 19.7. The van der Waals surface area contributed by atoms with Crippen molar-refractivity contribution in [3.63, 3.8) is 0 Å². The number of ether oxygens (including phenoxy) is 1. The minimum absolute atomic E-state index is 0.0627. The van der Waals surface area contributed by atoms with E-state index in [4.69, 9.17) is 4.74 Å². The molecule has 1 fully saturated rings. The van der Waals surface area contributed by atoms with Crippen molar-refractivity contribution in [2.75, 3.05) is 18.0 Å². The molecule has 33 heavy (non-hydrogen) atoms. The van der Waals surface area contributed by atoms with Crippen molar-refractivity contribution in [3.8, 4) is 17.2 Å². The van der Waals surface area contributed by atoms with Crippen LogP contribution in [0.4, 0.5) is 10.5 Å². The van der Waals surface area contributed by atoms with Gasteiger partial charge < -0.3 is 20.3 Å². The Morgan fingerprint density at radius 1 is 1.18 bits per heavy atom. The van der Waals surface area contributed by atoms with Crippen molar-refractivity contribution in [1.29, 1.82) is 5.26 Å². The molecule has 2 aromatic carbocycles. The summed E-state index contributed by atoms with van der Waals surface area (Å²) >= 11 is 0. The van der Waals surface area contributed by atoms with Crippen LogP contribution in [0.1, 0.15) is 46.1 Å². The van der Waals surface area contributed by atoms with Crippen LogP contribution in [-0.4, -0.2) is 42.8 Å². The van der Waals surface area contributed by atoms with Crippen LogP contribution in [0.3, 0.4) is 0 Å². The van der Waals surface area contributed by atoms with Crippen molar-refractivity contribution in [2.45, 2.75) is 58.2 Å². The summed E-state index contributed by atoms with van der Waals surface area (Å²) < 4.78 is 5.26. The second-order valence-electron chi connectivity index (χ2n) is 9.26. The highest BCUT2D eigenvalue weighted by Crippen LogP contribution is 2.29.